The van der Waals surface area contributed by atoms with Gasteiger partial charge in [-0.05, 0) is 58.1 Å². The quantitative estimate of drug-likeness (QED) is 0.162. The average Bonchev–Trinajstić information content (AvgIpc) is 3.67. The van der Waals surface area contributed by atoms with Gasteiger partial charge in [0, 0.05) is 61.5 Å². The van der Waals surface area contributed by atoms with Gasteiger partial charge in [0.05, 0.1) is 5.69 Å². The van der Waals surface area contributed by atoms with Crippen molar-refractivity contribution in [3.8, 4) is 17.3 Å². The smallest absolute Gasteiger partial charge is 0.135 e. The van der Waals surface area contributed by atoms with Crippen LogP contribution in [0, 0.1) is 18.8 Å². The molecule has 248 valence electrons. The van der Waals surface area contributed by atoms with E-state index in [9.17, 15) is 0 Å². The Morgan fingerprint density at radius 2 is 1.40 bits per heavy atom. The van der Waals surface area contributed by atoms with Crippen LogP contribution in [0.1, 0.15) is 26.3 Å². The van der Waals surface area contributed by atoms with Crippen LogP contribution in [-0.2, 0) is 26.5 Å². The van der Waals surface area contributed by atoms with Crippen molar-refractivity contribution in [3.63, 3.8) is 0 Å². The zero-order valence-corrected chi connectivity index (χ0v) is 30.0. The number of benzene rings is 5. The van der Waals surface area contributed by atoms with E-state index in [0.717, 1.165) is 55.9 Å². The number of aromatic nitrogens is 3. The summed E-state index contributed by atoms with van der Waals surface area (Å²) in [6.07, 6.45) is 3.72. The minimum Gasteiger partial charge on any atom is -0.509 e. The van der Waals surface area contributed by atoms with E-state index in [4.69, 9.17) is 14.7 Å². The van der Waals surface area contributed by atoms with Crippen LogP contribution in [0.4, 0.5) is 22.9 Å². The van der Waals surface area contributed by atoms with Gasteiger partial charge in [0.25, 0.3) is 0 Å². The van der Waals surface area contributed by atoms with Gasteiger partial charge in [-0.3, -0.25) is 0 Å². The molecule has 1 aliphatic heterocycles. The van der Waals surface area contributed by atoms with E-state index in [1.165, 1.54) is 10.9 Å². The first-order chi connectivity index (χ1) is 23.9. The standard InChI is InChI=1S/C43H32N5O.Pt/c1-43(2,3)30-22-24-44-41(25-30)48-38-17-7-6-16-35(38)36-21-20-33(27-40(36)48)49-32-14-9-13-31(26-32)46-28-47(42-39(46)19-10-23-45-42)37-18-8-12-29-11-4-5-15-34(29)37;/h4-25,28H,1-3H3;/q-3;. The molecule has 6 nitrogen and oxygen atoms in total. The van der Waals surface area contributed by atoms with Crippen molar-refractivity contribution < 1.29 is 25.8 Å². The van der Waals surface area contributed by atoms with Crippen LogP contribution in [0.3, 0.4) is 0 Å². The molecule has 0 saturated carbocycles. The van der Waals surface area contributed by atoms with Crippen molar-refractivity contribution in [1.29, 1.82) is 0 Å². The van der Waals surface area contributed by atoms with Crippen LogP contribution in [0.15, 0.2) is 134 Å². The van der Waals surface area contributed by atoms with E-state index in [0.29, 0.717) is 11.5 Å². The van der Waals surface area contributed by atoms with Crippen molar-refractivity contribution >= 4 is 55.5 Å². The number of anilines is 4. The molecule has 0 amide bonds. The maximum absolute atomic E-state index is 6.49. The van der Waals surface area contributed by atoms with Crippen LogP contribution in [0.2, 0.25) is 0 Å². The minimum absolute atomic E-state index is 0. The Kier molecular flexibility index (Phi) is 7.92. The summed E-state index contributed by atoms with van der Waals surface area (Å²) in [5.74, 6) is 2.90. The fourth-order valence-electron chi connectivity index (χ4n) is 6.71. The predicted octanol–water partition coefficient (Wildman–Crippen LogP) is 10.8. The maximum Gasteiger partial charge on any atom is 0.135 e. The first kappa shape index (κ1) is 31.8. The van der Waals surface area contributed by atoms with E-state index >= 15 is 0 Å². The van der Waals surface area contributed by atoms with Gasteiger partial charge in [-0.15, -0.1) is 48.1 Å². The molecule has 0 fully saturated rings. The summed E-state index contributed by atoms with van der Waals surface area (Å²) >= 11 is 0. The molecular weight excluding hydrogens is 798 g/mol. The number of fused-ring (bicyclic) bond motifs is 5. The molecule has 0 N–H and O–H groups in total. The SMILES string of the molecule is CC(C)(C)c1ccnc(-n2c3[c-]c(Oc4[c-]c(N5[CH-]N(c6cccc7ccccc67)c6ncccc65)ccc4)ccc3c3ccccc32)c1.[Pt]. The number of para-hydroxylation sites is 1. The van der Waals surface area contributed by atoms with Gasteiger partial charge in [-0.2, -0.15) is 12.1 Å². The molecule has 8 aromatic rings. The third-order valence-corrected chi connectivity index (χ3v) is 9.14. The normalized spacial score (nSPS) is 12.8. The second-order valence-electron chi connectivity index (χ2n) is 13.3. The molecule has 0 atom stereocenters. The second kappa shape index (κ2) is 12.5. The molecule has 0 bridgehead atoms. The molecule has 0 spiro atoms. The zero-order chi connectivity index (χ0) is 33.1. The third-order valence-electron chi connectivity index (χ3n) is 9.14. The molecular formula is C43H32N5OPt-3. The van der Waals surface area contributed by atoms with E-state index in [1.54, 1.807) is 0 Å². The molecule has 7 heteroatoms. The second-order valence-corrected chi connectivity index (χ2v) is 13.3. The molecule has 4 heterocycles. The Labute approximate surface area is 305 Å². The number of hydrogen-bond acceptors (Lipinski definition) is 5. The van der Waals surface area contributed by atoms with E-state index in [1.807, 2.05) is 42.7 Å². The Hall–Kier alpha value is -5.45. The molecule has 50 heavy (non-hydrogen) atoms. The average molecular weight is 830 g/mol. The van der Waals surface area contributed by atoms with Gasteiger partial charge < -0.3 is 19.1 Å². The van der Waals surface area contributed by atoms with Crippen molar-refractivity contribution in [2.24, 2.45) is 0 Å². The summed E-state index contributed by atoms with van der Waals surface area (Å²) in [6, 6.07) is 48.6. The largest absolute Gasteiger partial charge is 0.509 e. The van der Waals surface area contributed by atoms with Gasteiger partial charge in [-0.25, -0.2) is 9.97 Å². The van der Waals surface area contributed by atoms with Gasteiger partial charge in [0.2, 0.25) is 0 Å². The number of ether oxygens (including phenoxy) is 1. The molecule has 0 unspecified atom stereocenters. The van der Waals surface area contributed by atoms with Crippen LogP contribution in [0.5, 0.6) is 11.5 Å². The Morgan fingerprint density at radius 3 is 2.28 bits per heavy atom. The molecule has 1 aliphatic rings. The summed E-state index contributed by atoms with van der Waals surface area (Å²) < 4.78 is 8.67. The fourth-order valence-corrected chi connectivity index (χ4v) is 6.71. The Balaban J connectivity index is 0.00000361. The van der Waals surface area contributed by atoms with Gasteiger partial charge >= 0.3 is 0 Å². The third kappa shape index (κ3) is 5.41. The first-order valence-electron chi connectivity index (χ1n) is 16.4. The molecule has 5 aromatic carbocycles. The topological polar surface area (TPSA) is 46.4 Å². The number of hydrogen-bond donors (Lipinski definition) is 0. The summed E-state index contributed by atoms with van der Waals surface area (Å²) in [7, 11) is 0. The number of nitrogens with zero attached hydrogens (tertiary/aromatic N) is 5. The van der Waals surface area contributed by atoms with Crippen molar-refractivity contribution in [2.45, 2.75) is 26.2 Å². The van der Waals surface area contributed by atoms with E-state index in [2.05, 4.69) is 145 Å². The first-order valence-corrected chi connectivity index (χ1v) is 16.4. The van der Waals surface area contributed by atoms with Gasteiger partial charge in [-0.1, -0.05) is 80.9 Å². The predicted molar refractivity (Wildman–Crippen MR) is 198 cm³/mol. The summed E-state index contributed by atoms with van der Waals surface area (Å²) in [5.41, 5.74) is 6.06. The Morgan fingerprint density at radius 1 is 0.640 bits per heavy atom. The number of rotatable bonds is 5. The van der Waals surface area contributed by atoms with Crippen LogP contribution in [-0.4, -0.2) is 14.5 Å². The molecule has 0 radical (unpaired) electrons. The molecule has 0 saturated heterocycles. The maximum atomic E-state index is 6.49. The van der Waals surface area contributed by atoms with Crippen LogP contribution in [0.25, 0.3) is 38.4 Å². The number of pyridine rings is 2. The van der Waals surface area contributed by atoms with Crippen molar-refractivity contribution in [3.05, 3.63) is 158 Å². The van der Waals surface area contributed by atoms with Gasteiger partial charge in [0.1, 0.15) is 11.6 Å². The molecule has 3 aromatic heterocycles. The zero-order valence-electron chi connectivity index (χ0n) is 27.7. The Bertz CT molecular complexity index is 2530. The van der Waals surface area contributed by atoms with E-state index in [-0.39, 0.29) is 26.5 Å². The minimum atomic E-state index is -0.00938. The van der Waals surface area contributed by atoms with Crippen molar-refractivity contribution in [1.82, 2.24) is 14.5 Å². The monoisotopic (exact) mass is 829 g/mol. The van der Waals surface area contributed by atoms with Gasteiger partial charge in [0.15, 0.2) is 0 Å². The summed E-state index contributed by atoms with van der Waals surface area (Å²) in [5, 5.41) is 4.57. The summed E-state index contributed by atoms with van der Waals surface area (Å²) in [4.78, 5) is 13.8. The molecule has 9 rings (SSSR count). The van der Waals surface area contributed by atoms with E-state index < -0.39 is 0 Å². The fraction of sp³-hybridized carbons (Fsp3) is 0.0930. The van der Waals surface area contributed by atoms with Crippen LogP contribution < -0.4 is 14.5 Å². The molecule has 0 aliphatic carbocycles. The van der Waals surface area contributed by atoms with Crippen LogP contribution >= 0.6 is 0 Å². The van der Waals surface area contributed by atoms with Crippen molar-refractivity contribution in [2.75, 3.05) is 9.80 Å². The summed E-state index contributed by atoms with van der Waals surface area (Å²) in [6.45, 7) is 8.73.